The molecule has 0 atom stereocenters. The van der Waals surface area contributed by atoms with Crippen molar-refractivity contribution in [2.24, 2.45) is 0 Å². The molecule has 1 N–H and O–H groups in total. The Kier molecular flexibility index (Phi) is 5.80. The maximum absolute atomic E-state index is 12.9. The van der Waals surface area contributed by atoms with E-state index in [9.17, 15) is 18.0 Å². The van der Waals surface area contributed by atoms with Crippen LogP contribution in [0.25, 0.3) is 0 Å². The number of piperazine rings is 1. The minimum atomic E-state index is -3.89. The number of carbonyl (C=O) groups is 2. The molecule has 0 bridgehead atoms. The van der Waals surface area contributed by atoms with E-state index in [1.165, 1.54) is 11.2 Å². The Morgan fingerprint density at radius 2 is 1.79 bits per heavy atom. The van der Waals surface area contributed by atoms with Crippen LogP contribution >= 0.6 is 0 Å². The smallest absolute Gasteiger partial charge is 0.342 e. The molecule has 3 rings (SSSR count). The van der Waals surface area contributed by atoms with Gasteiger partial charge in [0.25, 0.3) is 10.0 Å². The predicted octanol–water partition coefficient (Wildman–Crippen LogP) is 1.30. The Morgan fingerprint density at radius 3 is 2.36 bits per heavy atom. The number of nitrogens with zero attached hydrogens (tertiary/aromatic N) is 3. The molecule has 1 aromatic heterocycles. The molecule has 150 valence electrons. The van der Waals surface area contributed by atoms with Crippen LogP contribution in [0.4, 0.5) is 5.69 Å². The van der Waals surface area contributed by atoms with Gasteiger partial charge in [-0.05, 0) is 38.1 Å². The van der Waals surface area contributed by atoms with Gasteiger partial charge in [0, 0.05) is 37.4 Å². The first-order valence-electron chi connectivity index (χ1n) is 8.91. The number of aromatic nitrogens is 2. The van der Waals surface area contributed by atoms with Crippen molar-refractivity contribution in [2.45, 2.75) is 18.9 Å². The molecule has 1 aliphatic heterocycles. The van der Waals surface area contributed by atoms with Crippen molar-refractivity contribution >= 4 is 27.5 Å². The topological polar surface area (TPSA) is 113 Å². The molecule has 0 aliphatic carbocycles. The molecular weight excluding hydrogens is 384 g/mol. The van der Waals surface area contributed by atoms with E-state index >= 15 is 0 Å². The summed E-state index contributed by atoms with van der Waals surface area (Å²) >= 11 is 0. The lowest BCUT2D eigenvalue weighted by Gasteiger charge is -2.35. The van der Waals surface area contributed by atoms with Crippen molar-refractivity contribution in [2.75, 3.05) is 37.7 Å². The molecule has 0 amide bonds. The van der Waals surface area contributed by atoms with Crippen LogP contribution in [0, 0.1) is 0 Å². The highest BCUT2D eigenvalue weighted by Crippen LogP contribution is 2.23. The monoisotopic (exact) mass is 406 g/mol. The van der Waals surface area contributed by atoms with Gasteiger partial charge < -0.3 is 9.64 Å². The van der Waals surface area contributed by atoms with Crippen LogP contribution in [-0.4, -0.2) is 67.5 Å². The van der Waals surface area contributed by atoms with E-state index < -0.39 is 16.0 Å². The lowest BCUT2D eigenvalue weighted by molar-refractivity contribution is 0.0521. The number of nitrogens with one attached hydrogen (secondary N) is 1. The van der Waals surface area contributed by atoms with Gasteiger partial charge in [-0.1, -0.05) is 0 Å². The highest BCUT2D eigenvalue weighted by atomic mass is 32.2. The predicted molar refractivity (Wildman–Crippen MR) is 102 cm³/mol. The van der Waals surface area contributed by atoms with Gasteiger partial charge in [0.2, 0.25) is 0 Å². The van der Waals surface area contributed by atoms with Crippen LogP contribution in [-0.2, 0) is 14.8 Å². The zero-order valence-electron chi connectivity index (χ0n) is 15.7. The minimum Gasteiger partial charge on any atom is -0.462 e. The third-order valence-corrected chi connectivity index (χ3v) is 6.45. The number of rotatable bonds is 6. The summed E-state index contributed by atoms with van der Waals surface area (Å²) in [5, 5.41) is 5.87. The molecule has 0 saturated carbocycles. The Hall–Kier alpha value is -2.72. The van der Waals surface area contributed by atoms with Gasteiger partial charge in [-0.3, -0.25) is 9.89 Å². The van der Waals surface area contributed by atoms with Gasteiger partial charge in [-0.25, -0.2) is 13.2 Å². The van der Waals surface area contributed by atoms with Crippen molar-refractivity contribution in [3.05, 3.63) is 41.6 Å². The molecule has 10 heteroatoms. The number of ketones is 1. The molecule has 2 heterocycles. The van der Waals surface area contributed by atoms with Gasteiger partial charge in [0.05, 0.1) is 12.8 Å². The molecule has 28 heavy (non-hydrogen) atoms. The number of esters is 1. The summed E-state index contributed by atoms with van der Waals surface area (Å²) in [5.74, 6) is -0.724. The van der Waals surface area contributed by atoms with Gasteiger partial charge in [0.15, 0.2) is 10.8 Å². The SMILES string of the molecule is CCOC(=O)c1cn[nH]c1S(=O)(=O)N1CCN(c2ccc(C(C)=O)cc2)CC1. The summed E-state index contributed by atoms with van der Waals surface area (Å²) in [7, 11) is -3.89. The summed E-state index contributed by atoms with van der Waals surface area (Å²) in [5.41, 5.74) is 1.47. The molecule has 0 unspecified atom stereocenters. The Balaban J connectivity index is 1.71. The fourth-order valence-electron chi connectivity index (χ4n) is 3.05. The van der Waals surface area contributed by atoms with E-state index in [-0.39, 0.29) is 36.1 Å². The molecule has 0 spiro atoms. The van der Waals surface area contributed by atoms with Crippen LogP contribution in [0.5, 0.6) is 0 Å². The normalized spacial score (nSPS) is 15.4. The van der Waals surface area contributed by atoms with Crippen molar-refractivity contribution in [1.82, 2.24) is 14.5 Å². The fraction of sp³-hybridized carbons (Fsp3) is 0.389. The fourth-order valence-corrected chi connectivity index (χ4v) is 4.53. The zero-order valence-corrected chi connectivity index (χ0v) is 16.5. The molecular formula is C18H22N4O5S. The first kappa shape index (κ1) is 20.0. The Bertz CT molecular complexity index is 960. The third-order valence-electron chi connectivity index (χ3n) is 4.58. The number of Topliss-reactive ketones (excluding diaryl/α,β-unsaturated/α-hetero) is 1. The van der Waals surface area contributed by atoms with Gasteiger partial charge in [0.1, 0.15) is 5.56 Å². The summed E-state index contributed by atoms with van der Waals surface area (Å²) < 4.78 is 32.1. The van der Waals surface area contributed by atoms with Crippen LogP contribution in [0.2, 0.25) is 0 Å². The lowest BCUT2D eigenvalue weighted by atomic mass is 10.1. The molecule has 1 saturated heterocycles. The second-order valence-electron chi connectivity index (χ2n) is 6.33. The highest BCUT2D eigenvalue weighted by Gasteiger charge is 2.33. The Labute approximate surface area is 163 Å². The number of benzene rings is 1. The molecule has 0 radical (unpaired) electrons. The number of hydrogen-bond acceptors (Lipinski definition) is 7. The van der Waals surface area contributed by atoms with Crippen molar-refractivity contribution in [3.63, 3.8) is 0 Å². The van der Waals surface area contributed by atoms with E-state index in [1.807, 2.05) is 12.1 Å². The Morgan fingerprint density at radius 1 is 1.14 bits per heavy atom. The minimum absolute atomic E-state index is 0.000533. The third kappa shape index (κ3) is 3.92. The first-order valence-corrected chi connectivity index (χ1v) is 10.3. The number of carbonyl (C=O) groups excluding carboxylic acids is 2. The summed E-state index contributed by atoms with van der Waals surface area (Å²) in [6.45, 7) is 4.80. The van der Waals surface area contributed by atoms with Gasteiger partial charge >= 0.3 is 5.97 Å². The number of aromatic amines is 1. The molecule has 1 fully saturated rings. The van der Waals surface area contributed by atoms with E-state index in [0.29, 0.717) is 18.7 Å². The van der Waals surface area contributed by atoms with Crippen LogP contribution < -0.4 is 4.90 Å². The standard InChI is InChI=1S/C18H22N4O5S/c1-3-27-18(24)16-12-19-20-17(16)28(25,26)22-10-8-21(9-11-22)15-6-4-14(5-7-15)13(2)23/h4-7,12H,3,8-11H2,1-2H3,(H,19,20). The quantitative estimate of drug-likeness (QED) is 0.568. The largest absolute Gasteiger partial charge is 0.462 e. The molecule has 1 aromatic carbocycles. The van der Waals surface area contributed by atoms with E-state index in [2.05, 4.69) is 15.1 Å². The number of ether oxygens (including phenoxy) is 1. The molecule has 1 aliphatic rings. The average molecular weight is 406 g/mol. The van der Waals surface area contributed by atoms with E-state index in [0.717, 1.165) is 11.9 Å². The van der Waals surface area contributed by atoms with Crippen molar-refractivity contribution < 1.29 is 22.7 Å². The zero-order chi connectivity index (χ0) is 20.3. The number of sulfonamides is 1. The van der Waals surface area contributed by atoms with Crippen molar-refractivity contribution in [3.8, 4) is 0 Å². The van der Waals surface area contributed by atoms with E-state index in [4.69, 9.17) is 4.74 Å². The maximum Gasteiger partial charge on any atom is 0.342 e. The second-order valence-corrected chi connectivity index (χ2v) is 8.20. The molecule has 2 aromatic rings. The van der Waals surface area contributed by atoms with Crippen molar-refractivity contribution in [1.29, 1.82) is 0 Å². The number of anilines is 1. The van der Waals surface area contributed by atoms with Crippen LogP contribution in [0.3, 0.4) is 0 Å². The van der Waals surface area contributed by atoms with Crippen LogP contribution in [0.1, 0.15) is 34.6 Å². The average Bonchev–Trinajstić information content (AvgIpc) is 3.19. The van der Waals surface area contributed by atoms with Gasteiger partial charge in [-0.15, -0.1) is 0 Å². The van der Waals surface area contributed by atoms with E-state index in [1.54, 1.807) is 19.1 Å². The van der Waals surface area contributed by atoms with Crippen LogP contribution in [0.15, 0.2) is 35.5 Å². The summed E-state index contributed by atoms with van der Waals surface area (Å²) in [6.07, 6.45) is 1.16. The number of H-pyrrole nitrogens is 1. The number of hydrogen-bond donors (Lipinski definition) is 1. The summed E-state index contributed by atoms with van der Waals surface area (Å²) in [4.78, 5) is 25.4. The maximum atomic E-state index is 12.9. The molecule has 9 nitrogen and oxygen atoms in total. The lowest BCUT2D eigenvalue weighted by Crippen LogP contribution is -2.49. The van der Waals surface area contributed by atoms with Gasteiger partial charge in [-0.2, -0.15) is 9.40 Å². The highest BCUT2D eigenvalue weighted by molar-refractivity contribution is 7.89. The second kappa shape index (κ2) is 8.11. The first-order chi connectivity index (χ1) is 13.3. The summed E-state index contributed by atoms with van der Waals surface area (Å²) in [6, 6.07) is 7.23.